The first-order chi connectivity index (χ1) is 10.6. The van der Waals surface area contributed by atoms with Crippen LogP contribution in [-0.4, -0.2) is 39.0 Å². The Hall–Kier alpha value is -2.27. The highest BCUT2D eigenvalue weighted by molar-refractivity contribution is 5.82. The van der Waals surface area contributed by atoms with Crippen LogP contribution in [0.1, 0.15) is 23.4 Å². The van der Waals surface area contributed by atoms with Crippen molar-refractivity contribution in [1.29, 1.82) is 0 Å². The Morgan fingerprint density at radius 3 is 2.68 bits per heavy atom. The van der Waals surface area contributed by atoms with Gasteiger partial charge in [0.2, 0.25) is 0 Å². The summed E-state index contributed by atoms with van der Waals surface area (Å²) < 4.78 is 0. The van der Waals surface area contributed by atoms with E-state index in [1.165, 1.54) is 0 Å². The Morgan fingerprint density at radius 2 is 2.05 bits per heavy atom. The molecule has 0 radical (unpaired) electrons. The van der Waals surface area contributed by atoms with Crippen molar-refractivity contribution in [2.75, 3.05) is 13.1 Å². The Balaban J connectivity index is 1.79. The van der Waals surface area contributed by atoms with Crippen LogP contribution in [0.5, 0.6) is 0 Å². The zero-order chi connectivity index (χ0) is 15.6. The fourth-order valence-corrected chi connectivity index (χ4v) is 3.04. The largest absolute Gasteiger partial charge is 0.481 e. The SMILES string of the molecule is Cc1cnc(CN2CCC(C(=O)O)(c3ccccc3)C2)cn1. The van der Waals surface area contributed by atoms with E-state index in [9.17, 15) is 9.90 Å². The zero-order valence-corrected chi connectivity index (χ0v) is 12.6. The first-order valence-electron chi connectivity index (χ1n) is 7.39. The number of carboxylic acids is 1. The third-order valence-electron chi connectivity index (χ3n) is 4.30. The molecule has 22 heavy (non-hydrogen) atoms. The quantitative estimate of drug-likeness (QED) is 0.935. The molecule has 0 aliphatic carbocycles. The first kappa shape index (κ1) is 14.7. The molecule has 1 aromatic heterocycles. The van der Waals surface area contributed by atoms with E-state index in [-0.39, 0.29) is 0 Å². The van der Waals surface area contributed by atoms with Gasteiger partial charge in [-0.05, 0) is 18.9 Å². The van der Waals surface area contributed by atoms with E-state index in [1.807, 2.05) is 37.3 Å². The lowest BCUT2D eigenvalue weighted by atomic mass is 9.80. The summed E-state index contributed by atoms with van der Waals surface area (Å²) in [6.07, 6.45) is 4.12. The van der Waals surface area contributed by atoms with E-state index in [2.05, 4.69) is 14.9 Å². The summed E-state index contributed by atoms with van der Waals surface area (Å²) in [4.78, 5) is 22.7. The summed E-state index contributed by atoms with van der Waals surface area (Å²) in [5.41, 5.74) is 1.81. The van der Waals surface area contributed by atoms with Gasteiger partial charge in [0, 0.05) is 32.0 Å². The molecule has 1 N–H and O–H groups in total. The summed E-state index contributed by atoms with van der Waals surface area (Å²) in [6.45, 7) is 3.78. The monoisotopic (exact) mass is 297 g/mol. The maximum absolute atomic E-state index is 11.9. The molecule has 0 saturated carbocycles. The predicted octanol–water partition coefficient (Wildman–Crippen LogP) is 2.01. The summed E-state index contributed by atoms with van der Waals surface area (Å²) >= 11 is 0. The van der Waals surface area contributed by atoms with Crippen molar-refractivity contribution < 1.29 is 9.90 Å². The van der Waals surface area contributed by atoms with Gasteiger partial charge in [-0.3, -0.25) is 19.7 Å². The van der Waals surface area contributed by atoms with Crippen molar-refractivity contribution in [3.63, 3.8) is 0 Å². The fourth-order valence-electron chi connectivity index (χ4n) is 3.04. The number of carbonyl (C=O) groups is 1. The molecule has 1 atom stereocenters. The zero-order valence-electron chi connectivity index (χ0n) is 12.6. The number of carboxylic acid groups (broad SMARTS) is 1. The average Bonchev–Trinajstić information content (AvgIpc) is 2.96. The molecule has 5 heteroatoms. The lowest BCUT2D eigenvalue weighted by molar-refractivity contribution is -0.143. The fraction of sp³-hybridized carbons (Fsp3) is 0.353. The lowest BCUT2D eigenvalue weighted by Gasteiger charge is -2.25. The number of aryl methyl sites for hydroxylation is 1. The lowest BCUT2D eigenvalue weighted by Crippen LogP contribution is -2.38. The normalized spacial score (nSPS) is 21.9. The van der Waals surface area contributed by atoms with Crippen molar-refractivity contribution in [3.8, 4) is 0 Å². The molecule has 1 unspecified atom stereocenters. The minimum atomic E-state index is -0.820. The molecule has 0 bridgehead atoms. The van der Waals surface area contributed by atoms with Gasteiger partial charge in [-0.2, -0.15) is 0 Å². The van der Waals surface area contributed by atoms with Gasteiger partial charge in [0.1, 0.15) is 5.41 Å². The summed E-state index contributed by atoms with van der Waals surface area (Å²) in [7, 11) is 0. The average molecular weight is 297 g/mol. The Bertz CT molecular complexity index is 657. The number of benzene rings is 1. The number of nitrogens with zero attached hydrogens (tertiary/aromatic N) is 3. The number of hydrogen-bond acceptors (Lipinski definition) is 4. The van der Waals surface area contributed by atoms with Crippen molar-refractivity contribution in [2.45, 2.75) is 25.3 Å². The number of hydrogen-bond donors (Lipinski definition) is 1. The maximum atomic E-state index is 11.9. The predicted molar refractivity (Wildman–Crippen MR) is 82.4 cm³/mol. The van der Waals surface area contributed by atoms with Crippen LogP contribution in [-0.2, 0) is 16.8 Å². The van der Waals surface area contributed by atoms with Crippen molar-refractivity contribution in [3.05, 3.63) is 59.7 Å². The Labute approximate surface area is 129 Å². The number of aliphatic carboxylic acids is 1. The van der Waals surface area contributed by atoms with Crippen molar-refractivity contribution in [2.24, 2.45) is 0 Å². The molecule has 2 heterocycles. The van der Waals surface area contributed by atoms with E-state index in [4.69, 9.17) is 0 Å². The van der Waals surface area contributed by atoms with Crippen LogP contribution in [0.15, 0.2) is 42.7 Å². The van der Waals surface area contributed by atoms with Crippen LogP contribution in [0, 0.1) is 6.92 Å². The number of likely N-dealkylation sites (tertiary alicyclic amines) is 1. The van der Waals surface area contributed by atoms with Gasteiger partial charge in [-0.1, -0.05) is 30.3 Å². The maximum Gasteiger partial charge on any atom is 0.315 e. The smallest absolute Gasteiger partial charge is 0.315 e. The minimum Gasteiger partial charge on any atom is -0.481 e. The third kappa shape index (κ3) is 2.72. The van der Waals surface area contributed by atoms with Gasteiger partial charge in [-0.25, -0.2) is 0 Å². The Morgan fingerprint density at radius 1 is 1.27 bits per heavy atom. The highest BCUT2D eigenvalue weighted by atomic mass is 16.4. The van der Waals surface area contributed by atoms with Gasteiger partial charge in [0.15, 0.2) is 0 Å². The highest BCUT2D eigenvalue weighted by Crippen LogP contribution is 2.35. The molecular formula is C17H19N3O2. The molecule has 1 aliphatic heterocycles. The second kappa shape index (κ2) is 5.85. The van der Waals surface area contributed by atoms with Crippen molar-refractivity contribution in [1.82, 2.24) is 14.9 Å². The van der Waals surface area contributed by atoms with E-state index < -0.39 is 11.4 Å². The van der Waals surface area contributed by atoms with Gasteiger partial charge >= 0.3 is 5.97 Å². The Kier molecular flexibility index (Phi) is 3.90. The molecule has 0 amide bonds. The van der Waals surface area contributed by atoms with E-state index >= 15 is 0 Å². The van der Waals surface area contributed by atoms with Gasteiger partial charge in [0.25, 0.3) is 0 Å². The van der Waals surface area contributed by atoms with Crippen LogP contribution < -0.4 is 0 Å². The van der Waals surface area contributed by atoms with Gasteiger partial charge < -0.3 is 5.11 Å². The molecule has 2 aromatic rings. The summed E-state index contributed by atoms with van der Waals surface area (Å²) in [5.74, 6) is -0.754. The molecule has 3 rings (SSSR count). The van der Waals surface area contributed by atoms with E-state index in [0.717, 1.165) is 23.5 Å². The molecule has 1 aliphatic rings. The van der Waals surface area contributed by atoms with E-state index in [0.29, 0.717) is 19.5 Å². The molecular weight excluding hydrogens is 278 g/mol. The topological polar surface area (TPSA) is 66.3 Å². The second-order valence-corrected chi connectivity index (χ2v) is 5.86. The van der Waals surface area contributed by atoms with Crippen LogP contribution in [0.4, 0.5) is 0 Å². The van der Waals surface area contributed by atoms with Gasteiger partial charge in [0.05, 0.1) is 11.4 Å². The molecule has 114 valence electrons. The summed E-state index contributed by atoms with van der Waals surface area (Å²) in [6, 6.07) is 9.52. The van der Waals surface area contributed by atoms with Crippen LogP contribution >= 0.6 is 0 Å². The van der Waals surface area contributed by atoms with Crippen LogP contribution in [0.2, 0.25) is 0 Å². The summed E-state index contributed by atoms with van der Waals surface area (Å²) in [5, 5.41) is 9.78. The molecule has 1 aromatic carbocycles. The standard InChI is InChI=1S/C17H19N3O2/c1-13-9-19-15(10-18-13)11-20-8-7-17(12-20,16(21)22)14-5-3-2-4-6-14/h2-6,9-10H,7-8,11-12H2,1H3,(H,21,22). The van der Waals surface area contributed by atoms with Crippen molar-refractivity contribution >= 4 is 5.97 Å². The molecule has 5 nitrogen and oxygen atoms in total. The first-order valence-corrected chi connectivity index (χ1v) is 7.39. The molecule has 0 spiro atoms. The van der Waals surface area contributed by atoms with Crippen LogP contribution in [0.3, 0.4) is 0 Å². The van der Waals surface area contributed by atoms with Crippen LogP contribution in [0.25, 0.3) is 0 Å². The minimum absolute atomic E-state index is 0.502. The van der Waals surface area contributed by atoms with Gasteiger partial charge in [-0.15, -0.1) is 0 Å². The van der Waals surface area contributed by atoms with E-state index in [1.54, 1.807) is 12.4 Å². The molecule has 1 saturated heterocycles. The second-order valence-electron chi connectivity index (χ2n) is 5.86. The third-order valence-corrected chi connectivity index (χ3v) is 4.30. The molecule has 1 fully saturated rings. The number of rotatable bonds is 4. The number of aromatic nitrogens is 2. The highest BCUT2D eigenvalue weighted by Gasteiger charge is 2.46.